The van der Waals surface area contributed by atoms with Crippen LogP contribution in [-0.2, 0) is 5.41 Å². The molecule has 33 heavy (non-hydrogen) atoms. The minimum absolute atomic E-state index is 0.0548. The van der Waals surface area contributed by atoms with Gasteiger partial charge < -0.3 is 4.90 Å². The van der Waals surface area contributed by atoms with Gasteiger partial charge in [-0.05, 0) is 78.8 Å². The van der Waals surface area contributed by atoms with E-state index < -0.39 is 0 Å². The molecular weight excluding hydrogens is 398 g/mol. The molecule has 0 saturated carbocycles. The molecule has 4 aromatic carbocycles. The second kappa shape index (κ2) is 7.63. The summed E-state index contributed by atoms with van der Waals surface area (Å²) < 4.78 is 0. The molecule has 0 saturated heterocycles. The average Bonchev–Trinajstić information content (AvgIpc) is 3.03. The molecule has 1 nitrogen and oxygen atoms in total. The Bertz CT molecular complexity index is 1310. The molecule has 5 rings (SSSR count). The number of hydrogen-bond acceptors (Lipinski definition) is 1. The van der Waals surface area contributed by atoms with Gasteiger partial charge in [-0.1, -0.05) is 92.7 Å². The molecule has 1 heteroatoms. The van der Waals surface area contributed by atoms with E-state index >= 15 is 0 Å². The number of anilines is 2. The maximum Gasteiger partial charge on any atom is 0.0493 e. The lowest BCUT2D eigenvalue weighted by molar-refractivity contribution is 0.552. The standard InChI is InChI=1S/C32H33N/c1-22-16-21-27-26-14-10-11-15-28(26)32(5,6)29(27)30(22)33(31(2,3)4)25-19-17-24(18-20-25)23-12-8-7-9-13-23/h7-21H,1-6H3. The van der Waals surface area contributed by atoms with E-state index in [9.17, 15) is 0 Å². The first-order chi connectivity index (χ1) is 15.7. The van der Waals surface area contributed by atoms with Crippen LogP contribution in [0.3, 0.4) is 0 Å². The summed E-state index contributed by atoms with van der Waals surface area (Å²) in [5.74, 6) is 0. The topological polar surface area (TPSA) is 3.24 Å². The van der Waals surface area contributed by atoms with Gasteiger partial charge in [-0.2, -0.15) is 0 Å². The summed E-state index contributed by atoms with van der Waals surface area (Å²) in [6.07, 6.45) is 0. The van der Waals surface area contributed by atoms with Crippen LogP contribution in [0.4, 0.5) is 11.4 Å². The third kappa shape index (κ3) is 3.47. The van der Waals surface area contributed by atoms with E-state index in [-0.39, 0.29) is 11.0 Å². The zero-order valence-corrected chi connectivity index (χ0v) is 20.6. The van der Waals surface area contributed by atoms with Crippen molar-refractivity contribution in [2.24, 2.45) is 0 Å². The summed E-state index contributed by atoms with van der Waals surface area (Å²) >= 11 is 0. The summed E-state index contributed by atoms with van der Waals surface area (Å²) in [5.41, 5.74) is 11.8. The van der Waals surface area contributed by atoms with E-state index in [4.69, 9.17) is 0 Å². The van der Waals surface area contributed by atoms with Gasteiger partial charge in [0.15, 0.2) is 0 Å². The van der Waals surface area contributed by atoms with Crippen molar-refractivity contribution >= 4 is 11.4 Å². The van der Waals surface area contributed by atoms with Crippen molar-refractivity contribution < 1.29 is 0 Å². The summed E-state index contributed by atoms with van der Waals surface area (Å²) in [4.78, 5) is 2.55. The van der Waals surface area contributed by atoms with Crippen molar-refractivity contribution in [3.63, 3.8) is 0 Å². The summed E-state index contributed by atoms with van der Waals surface area (Å²) in [6, 6.07) is 33.2. The highest BCUT2D eigenvalue weighted by molar-refractivity contribution is 5.89. The summed E-state index contributed by atoms with van der Waals surface area (Å²) in [7, 11) is 0. The quantitative estimate of drug-likeness (QED) is 0.313. The van der Waals surface area contributed by atoms with Gasteiger partial charge in [-0.25, -0.2) is 0 Å². The molecule has 4 aromatic rings. The smallest absolute Gasteiger partial charge is 0.0493 e. The van der Waals surface area contributed by atoms with Gasteiger partial charge in [0.05, 0.1) is 0 Å². The molecule has 0 atom stereocenters. The molecule has 0 radical (unpaired) electrons. The minimum Gasteiger partial charge on any atom is -0.336 e. The number of benzene rings is 4. The Labute approximate surface area is 198 Å². The normalized spacial score (nSPS) is 14.0. The molecule has 1 aliphatic rings. The molecule has 0 heterocycles. The summed E-state index contributed by atoms with van der Waals surface area (Å²) in [5, 5.41) is 0. The van der Waals surface area contributed by atoms with Gasteiger partial charge in [0.1, 0.15) is 0 Å². The Kier molecular flexibility index (Phi) is 4.97. The zero-order chi connectivity index (χ0) is 23.4. The molecule has 0 spiro atoms. The highest BCUT2D eigenvalue weighted by Gasteiger charge is 2.40. The van der Waals surface area contributed by atoms with Crippen LogP contribution in [0.5, 0.6) is 0 Å². The maximum atomic E-state index is 2.55. The van der Waals surface area contributed by atoms with E-state index in [1.807, 2.05) is 0 Å². The maximum absolute atomic E-state index is 2.55. The van der Waals surface area contributed by atoms with Crippen molar-refractivity contribution in [2.45, 2.75) is 52.5 Å². The van der Waals surface area contributed by atoms with Crippen molar-refractivity contribution in [1.82, 2.24) is 0 Å². The lowest BCUT2D eigenvalue weighted by Crippen LogP contribution is -2.39. The average molecular weight is 432 g/mol. The molecule has 1 aliphatic carbocycles. The van der Waals surface area contributed by atoms with Crippen LogP contribution in [0.1, 0.15) is 51.3 Å². The van der Waals surface area contributed by atoms with Gasteiger partial charge in [-0.15, -0.1) is 0 Å². The van der Waals surface area contributed by atoms with E-state index in [0.717, 1.165) is 0 Å². The Morgan fingerprint density at radius 2 is 1.24 bits per heavy atom. The molecule has 166 valence electrons. The monoisotopic (exact) mass is 431 g/mol. The van der Waals surface area contributed by atoms with Crippen LogP contribution in [0.25, 0.3) is 22.3 Å². The fraction of sp³-hybridized carbons (Fsp3) is 0.250. The Morgan fingerprint density at radius 1 is 0.636 bits per heavy atom. The van der Waals surface area contributed by atoms with Crippen molar-refractivity contribution in [1.29, 1.82) is 0 Å². The van der Waals surface area contributed by atoms with Crippen molar-refractivity contribution in [2.75, 3.05) is 4.90 Å². The third-order valence-corrected chi connectivity index (χ3v) is 7.02. The Hall–Kier alpha value is -3.32. The SMILES string of the molecule is Cc1ccc2c(c1N(c1ccc(-c3ccccc3)cc1)C(C)(C)C)C(C)(C)c1ccccc1-2. The highest BCUT2D eigenvalue weighted by atomic mass is 15.2. The second-order valence-electron chi connectivity index (χ2n) is 10.7. The van der Waals surface area contributed by atoms with Crippen LogP contribution >= 0.6 is 0 Å². The van der Waals surface area contributed by atoms with Crippen LogP contribution in [0, 0.1) is 6.92 Å². The van der Waals surface area contributed by atoms with E-state index in [1.165, 1.54) is 50.3 Å². The van der Waals surface area contributed by atoms with E-state index in [2.05, 4.69) is 137 Å². The lowest BCUT2D eigenvalue weighted by atomic mass is 9.80. The van der Waals surface area contributed by atoms with Gasteiger partial charge in [0.25, 0.3) is 0 Å². The predicted octanol–water partition coefficient (Wildman–Crippen LogP) is 8.90. The molecule has 0 unspecified atom stereocenters. The van der Waals surface area contributed by atoms with Crippen LogP contribution < -0.4 is 4.90 Å². The van der Waals surface area contributed by atoms with Crippen LogP contribution in [-0.4, -0.2) is 5.54 Å². The molecule has 0 amide bonds. The van der Waals surface area contributed by atoms with Crippen LogP contribution in [0.15, 0.2) is 91.0 Å². The largest absolute Gasteiger partial charge is 0.336 e. The lowest BCUT2D eigenvalue weighted by Gasteiger charge is -2.42. The van der Waals surface area contributed by atoms with Gasteiger partial charge >= 0.3 is 0 Å². The number of aryl methyl sites for hydroxylation is 1. The molecule has 0 bridgehead atoms. The highest BCUT2D eigenvalue weighted by Crippen LogP contribution is 2.54. The number of fused-ring (bicyclic) bond motifs is 3. The van der Waals surface area contributed by atoms with E-state index in [0.29, 0.717) is 0 Å². The molecule has 0 fully saturated rings. The van der Waals surface area contributed by atoms with Crippen molar-refractivity contribution in [3.8, 4) is 22.3 Å². The summed E-state index contributed by atoms with van der Waals surface area (Å²) in [6.45, 7) is 13.9. The van der Waals surface area contributed by atoms with E-state index in [1.54, 1.807) is 0 Å². The first kappa shape index (κ1) is 21.5. The third-order valence-electron chi connectivity index (χ3n) is 7.02. The predicted molar refractivity (Wildman–Crippen MR) is 143 cm³/mol. The number of hydrogen-bond donors (Lipinski definition) is 0. The fourth-order valence-electron chi connectivity index (χ4n) is 5.52. The first-order valence-electron chi connectivity index (χ1n) is 11.9. The second-order valence-corrected chi connectivity index (χ2v) is 10.7. The zero-order valence-electron chi connectivity index (χ0n) is 20.6. The Balaban J connectivity index is 1.70. The molecular formula is C32H33N. The van der Waals surface area contributed by atoms with Gasteiger partial charge in [0.2, 0.25) is 0 Å². The van der Waals surface area contributed by atoms with Crippen molar-refractivity contribution in [3.05, 3.63) is 108 Å². The van der Waals surface area contributed by atoms with Crippen LogP contribution in [0.2, 0.25) is 0 Å². The Morgan fingerprint density at radius 3 is 1.91 bits per heavy atom. The first-order valence-corrected chi connectivity index (χ1v) is 11.9. The number of nitrogens with zero attached hydrogens (tertiary/aromatic N) is 1. The fourth-order valence-corrected chi connectivity index (χ4v) is 5.52. The minimum atomic E-state index is -0.0843. The molecule has 0 aromatic heterocycles. The molecule has 0 N–H and O–H groups in total. The number of rotatable bonds is 3. The van der Waals surface area contributed by atoms with Gasteiger partial charge in [0, 0.05) is 22.3 Å². The van der Waals surface area contributed by atoms with Gasteiger partial charge in [-0.3, -0.25) is 0 Å². The molecule has 0 aliphatic heterocycles.